The maximum Gasteiger partial charge on any atom is 0.490 e. The number of nitrogens with one attached hydrogen (secondary N) is 2. The van der Waals surface area contributed by atoms with Crippen molar-refractivity contribution in [3.05, 3.63) is 42.0 Å². The summed E-state index contributed by atoms with van der Waals surface area (Å²) >= 11 is 0. The number of phosphoric acid groups is 4. The molecule has 15 unspecified atom stereocenters. The number of aliphatic hydroxyl groups excluding tert-OH is 4. The Kier molecular flexibility index (Phi) is 16.1. The van der Waals surface area contributed by atoms with E-state index in [-0.39, 0.29) is 51.1 Å². The van der Waals surface area contributed by atoms with Crippen LogP contribution in [0.2, 0.25) is 0 Å². The number of methoxy groups -OCH3 is 2. The Hall–Kier alpha value is -4.95. The molecule has 2 aliphatic heterocycles. The number of rotatable bonds is 23. The van der Waals surface area contributed by atoms with Crippen LogP contribution in [0.15, 0.2) is 36.4 Å². The zero-order valence-corrected chi connectivity index (χ0v) is 41.5. The molecule has 38 nitrogen and oxygen atoms in total. The lowest BCUT2D eigenvalue weighted by Crippen LogP contribution is -2.42. The van der Waals surface area contributed by atoms with E-state index in [1.54, 1.807) is 0 Å². The highest BCUT2D eigenvalue weighted by atomic mass is 31.3. The van der Waals surface area contributed by atoms with Gasteiger partial charge in [0, 0.05) is 21.3 Å². The van der Waals surface area contributed by atoms with Crippen molar-refractivity contribution < 1.29 is 104 Å². The summed E-state index contributed by atoms with van der Waals surface area (Å²) in [5, 5.41) is 45.9. The first-order valence-corrected chi connectivity index (χ1v) is 26.8. The number of aromatic nitrogens is 12. The van der Waals surface area contributed by atoms with Crippen LogP contribution in [0.5, 0.6) is 0 Å². The molecule has 406 valence electrons. The molecule has 0 saturated carbocycles. The number of imidazole rings is 3. The molecule has 2 aliphatic rings. The van der Waals surface area contributed by atoms with Gasteiger partial charge in [0.25, 0.3) is 5.56 Å². The molecule has 0 aromatic carbocycles. The number of aliphatic hydroxyl groups is 4. The molecule has 0 radical (unpaired) electrons. The number of phosphoric ester groups is 3. The second-order valence-electron chi connectivity index (χ2n) is 15.6. The molecule has 14 N–H and O–H groups in total. The van der Waals surface area contributed by atoms with Gasteiger partial charge in [0.05, 0.1) is 38.8 Å². The summed E-state index contributed by atoms with van der Waals surface area (Å²) in [6.45, 7) is -3.39. The molecule has 2 saturated heterocycles. The minimum absolute atomic E-state index is 0.00436. The van der Waals surface area contributed by atoms with Gasteiger partial charge in [-0.1, -0.05) is 0 Å². The van der Waals surface area contributed by atoms with Crippen LogP contribution in [-0.2, 0) is 63.9 Å². The van der Waals surface area contributed by atoms with Gasteiger partial charge in [-0.05, 0) is 0 Å². The van der Waals surface area contributed by atoms with Crippen molar-refractivity contribution in [2.45, 2.75) is 67.5 Å². The van der Waals surface area contributed by atoms with Crippen LogP contribution in [0.4, 0.5) is 17.6 Å². The Bertz CT molecular complexity index is 3260. The van der Waals surface area contributed by atoms with Gasteiger partial charge in [-0.15, -0.1) is 0 Å². The summed E-state index contributed by atoms with van der Waals surface area (Å²) in [5.74, 6) is -0.129. The molecule has 0 aliphatic carbocycles. The molecule has 8 heterocycles. The number of hydrogen-bond acceptors (Lipinski definition) is 30. The molecule has 0 spiro atoms. The molecule has 2 fully saturated rings. The molecule has 0 bridgehead atoms. The van der Waals surface area contributed by atoms with Gasteiger partial charge >= 0.3 is 31.3 Å². The van der Waals surface area contributed by atoms with Gasteiger partial charge in [-0.25, -0.2) is 53.1 Å². The summed E-state index contributed by atoms with van der Waals surface area (Å²) in [6.07, 6.45) is -13.4. The average molecular weight is 1130 g/mol. The van der Waals surface area contributed by atoms with Gasteiger partial charge in [0.15, 0.2) is 52.8 Å². The molecule has 0 amide bonds. The number of ether oxygens (including phenoxy) is 4. The Balaban J connectivity index is 0.944. The SMILES string of the molecule is CNc1ncnc2c1ncn2C(OC)C(OP(=O)(O)OCC1OC(n2cnc3c(=O)[nH]c(N)nc32)C(O)C1O)C(COP(=O)(O)OP(=O)(O)OP(=O)(O)OCC1OC(n2cnc3c(N)ncnc32)C(O)C1O)OC. The van der Waals surface area contributed by atoms with Crippen molar-refractivity contribution in [3.63, 3.8) is 0 Å². The zero-order chi connectivity index (χ0) is 53.7. The van der Waals surface area contributed by atoms with Crippen LogP contribution in [0, 0.1) is 0 Å². The van der Waals surface area contributed by atoms with Crippen molar-refractivity contribution in [1.29, 1.82) is 0 Å². The predicted octanol–water partition coefficient (Wildman–Crippen LogP) is -2.73. The third kappa shape index (κ3) is 11.6. The van der Waals surface area contributed by atoms with Crippen molar-refractivity contribution in [3.8, 4) is 0 Å². The summed E-state index contributed by atoms with van der Waals surface area (Å²) in [7, 11) is -19.9. The topological polar surface area (TPSA) is 537 Å². The summed E-state index contributed by atoms with van der Waals surface area (Å²) in [4.78, 5) is 89.2. The van der Waals surface area contributed by atoms with Gasteiger partial charge < -0.3 is 75.7 Å². The van der Waals surface area contributed by atoms with E-state index in [9.17, 15) is 63.1 Å². The van der Waals surface area contributed by atoms with E-state index in [4.69, 9.17) is 44.0 Å². The highest BCUT2D eigenvalue weighted by Gasteiger charge is 2.50. The summed E-state index contributed by atoms with van der Waals surface area (Å²) in [6, 6.07) is 0. The third-order valence-electron chi connectivity index (χ3n) is 11.0. The van der Waals surface area contributed by atoms with E-state index in [0.29, 0.717) is 0 Å². The van der Waals surface area contributed by atoms with Gasteiger partial charge in [0.1, 0.15) is 72.5 Å². The number of hydrogen-bond donors (Lipinski definition) is 12. The van der Waals surface area contributed by atoms with Gasteiger partial charge in [-0.3, -0.25) is 41.6 Å². The molecule has 42 heteroatoms. The van der Waals surface area contributed by atoms with Crippen LogP contribution in [0.3, 0.4) is 0 Å². The van der Waals surface area contributed by atoms with Crippen LogP contribution in [0.25, 0.3) is 33.5 Å². The number of nitrogen functional groups attached to an aromatic ring is 2. The summed E-state index contributed by atoms with van der Waals surface area (Å²) in [5.41, 5.74) is 10.7. The van der Waals surface area contributed by atoms with Crippen molar-refractivity contribution in [2.75, 3.05) is 57.9 Å². The van der Waals surface area contributed by atoms with E-state index in [2.05, 4.69) is 63.3 Å². The molecule has 15 atom stereocenters. The van der Waals surface area contributed by atoms with Crippen molar-refractivity contribution in [1.82, 2.24) is 58.6 Å². The molecule has 6 aromatic heterocycles. The Morgan fingerprint density at radius 1 is 0.689 bits per heavy atom. The largest absolute Gasteiger partial charge is 0.490 e. The zero-order valence-electron chi connectivity index (χ0n) is 37.9. The quantitative estimate of drug-likeness (QED) is 0.0290. The minimum Gasteiger partial charge on any atom is -0.387 e. The molecular formula is C32H45N15O23P4. The van der Waals surface area contributed by atoms with Gasteiger partial charge in [-0.2, -0.15) is 13.6 Å². The normalized spacial score (nSPS) is 26.9. The molecule has 6 aromatic rings. The van der Waals surface area contributed by atoms with E-state index < -0.39 is 124 Å². The smallest absolute Gasteiger partial charge is 0.387 e. The van der Waals surface area contributed by atoms with Crippen LogP contribution >= 0.6 is 31.3 Å². The second-order valence-corrected chi connectivity index (χ2v) is 21.7. The Labute approximate surface area is 411 Å². The number of nitrogens with zero attached hydrogens (tertiary/aromatic N) is 11. The molecular weight excluding hydrogens is 1090 g/mol. The maximum atomic E-state index is 13.8. The van der Waals surface area contributed by atoms with E-state index in [0.717, 1.165) is 55.0 Å². The van der Waals surface area contributed by atoms with E-state index in [1.807, 2.05) is 0 Å². The third-order valence-corrected chi connectivity index (χ3v) is 16.2. The fourth-order valence-electron chi connectivity index (χ4n) is 7.62. The first-order valence-electron chi connectivity index (χ1n) is 20.8. The first kappa shape index (κ1) is 55.3. The van der Waals surface area contributed by atoms with E-state index in [1.165, 1.54) is 11.6 Å². The minimum atomic E-state index is -6.18. The second kappa shape index (κ2) is 21.6. The number of H-pyrrole nitrogens is 1. The number of nitrogens with two attached hydrogens (primary N) is 2. The number of anilines is 3. The lowest BCUT2D eigenvalue weighted by atomic mass is 10.1. The number of aromatic amines is 1. The fourth-order valence-corrected chi connectivity index (χ4v) is 12.1. The van der Waals surface area contributed by atoms with Crippen LogP contribution in [-0.4, -0.2) is 188 Å². The first-order chi connectivity index (χ1) is 34.9. The molecule has 74 heavy (non-hydrogen) atoms. The van der Waals surface area contributed by atoms with Gasteiger partial charge in [0.2, 0.25) is 5.95 Å². The van der Waals surface area contributed by atoms with Crippen molar-refractivity contribution >= 4 is 82.4 Å². The predicted molar refractivity (Wildman–Crippen MR) is 240 cm³/mol. The van der Waals surface area contributed by atoms with Crippen LogP contribution < -0.4 is 22.3 Å². The van der Waals surface area contributed by atoms with Crippen molar-refractivity contribution in [2.24, 2.45) is 0 Å². The lowest BCUT2D eigenvalue weighted by Gasteiger charge is -2.33. The Morgan fingerprint density at radius 2 is 1.24 bits per heavy atom. The standard InChI is InChI=1S/C32H45N15O23P4/c1-35-24-16-26(39-8-37-24)46(10-41-16)31(62-3)22(68-71(53,54)63-4-12-18(48)21(51)30(67-12)47-11-42-17-27(47)43-32(34)44-28(17)52)14(61-2)6-65-73(57,58)70-74(59,60)69-72(55,56)64-5-13-19(49)20(50)29(66-13)45-9-40-15-23(33)36-7-38-25(15)45/h7-14,18-22,29-31,48-51H,4-6H2,1-3H3,(H,53,54)(H,55,56)(H,57,58)(H,59,60)(H2,33,36,38)(H,35,37,39)(H3,34,43,44,52). The maximum absolute atomic E-state index is 13.8. The highest BCUT2D eigenvalue weighted by Crippen LogP contribution is 2.68. The monoisotopic (exact) mass is 1130 g/mol. The number of fused-ring (bicyclic) bond motifs is 3. The fraction of sp³-hybridized carbons (Fsp3) is 0.531. The van der Waals surface area contributed by atoms with Crippen LogP contribution in [0.1, 0.15) is 18.7 Å². The molecule has 8 rings (SSSR count). The average Bonchev–Trinajstić information content (AvgIpc) is 4.16. The summed E-state index contributed by atoms with van der Waals surface area (Å²) < 4.78 is 107. The Morgan fingerprint density at radius 3 is 1.85 bits per heavy atom. The lowest BCUT2D eigenvalue weighted by molar-refractivity contribution is -0.127. The highest BCUT2D eigenvalue weighted by molar-refractivity contribution is 7.66. The van der Waals surface area contributed by atoms with E-state index >= 15 is 0 Å².